The van der Waals surface area contributed by atoms with Crippen molar-refractivity contribution in [2.75, 3.05) is 42.5 Å². The molecule has 4 heterocycles. The molecule has 0 unspecified atom stereocenters. The van der Waals surface area contributed by atoms with Crippen LogP contribution >= 0.6 is 0 Å². The van der Waals surface area contributed by atoms with Crippen LogP contribution < -0.4 is 27.3 Å². The van der Waals surface area contributed by atoms with Crippen molar-refractivity contribution < 1.29 is 4.79 Å². The lowest BCUT2D eigenvalue weighted by Crippen LogP contribution is -2.43. The summed E-state index contributed by atoms with van der Waals surface area (Å²) < 4.78 is 1.88. The van der Waals surface area contributed by atoms with Gasteiger partial charge in [-0.1, -0.05) is 24.3 Å². The molecular weight excluding hydrogens is 429 g/mol. The van der Waals surface area contributed by atoms with Gasteiger partial charge in [-0.05, 0) is 35.4 Å². The predicted octanol–water partition coefficient (Wildman–Crippen LogP) is 0.681. The first-order valence-corrected chi connectivity index (χ1v) is 11.2. The van der Waals surface area contributed by atoms with Crippen LogP contribution in [0.3, 0.4) is 0 Å². The molecule has 3 aromatic heterocycles. The molecule has 0 atom stereocenters. The van der Waals surface area contributed by atoms with Crippen molar-refractivity contribution in [1.29, 1.82) is 0 Å². The molecule has 2 amide bonds. The number of benzene rings is 1. The number of nitrogens with zero attached hydrogens (tertiary/aromatic N) is 5. The summed E-state index contributed by atoms with van der Waals surface area (Å²) in [6.45, 7) is 4.73. The summed E-state index contributed by atoms with van der Waals surface area (Å²) in [6, 6.07) is 14.9. The maximum absolute atomic E-state index is 12.4. The van der Waals surface area contributed by atoms with E-state index in [0.29, 0.717) is 17.3 Å². The fourth-order valence-electron chi connectivity index (χ4n) is 4.19. The number of amides is 2. The minimum absolute atomic E-state index is 0.351. The normalized spacial score (nSPS) is 14.2. The fourth-order valence-corrected chi connectivity index (χ4v) is 4.19. The van der Waals surface area contributed by atoms with Gasteiger partial charge in [0, 0.05) is 44.0 Å². The molecule has 4 aromatic rings. The Morgan fingerprint density at radius 3 is 2.68 bits per heavy atom. The molecule has 10 nitrogen and oxygen atoms in total. The molecule has 172 valence electrons. The average Bonchev–Trinajstić information content (AvgIpc) is 3.20. The molecule has 1 aromatic carbocycles. The van der Waals surface area contributed by atoms with Crippen LogP contribution in [0.4, 0.5) is 22.1 Å². The lowest BCUT2D eigenvalue weighted by atomic mass is 10.0. The molecule has 0 saturated carbocycles. The van der Waals surface area contributed by atoms with Crippen LogP contribution in [0.15, 0.2) is 54.9 Å². The number of pyridine rings is 1. The van der Waals surface area contributed by atoms with Gasteiger partial charge in [-0.15, -0.1) is 0 Å². The first-order valence-electron chi connectivity index (χ1n) is 11.2. The Bertz CT molecular complexity index is 1320. The van der Waals surface area contributed by atoms with E-state index in [-0.39, 0.29) is 6.03 Å². The number of hydrogen-bond acceptors (Lipinski definition) is 7. The molecular formula is C23H26BN9O. The van der Waals surface area contributed by atoms with Crippen LogP contribution in [0.1, 0.15) is 5.69 Å². The van der Waals surface area contributed by atoms with Gasteiger partial charge in [-0.2, -0.15) is 5.10 Å². The smallest absolute Gasteiger partial charge is 0.324 e. The Morgan fingerprint density at radius 1 is 1.12 bits per heavy atom. The second kappa shape index (κ2) is 9.50. The van der Waals surface area contributed by atoms with Gasteiger partial charge in [0.1, 0.15) is 17.7 Å². The first kappa shape index (κ1) is 21.9. The maximum Gasteiger partial charge on any atom is 0.324 e. The third-order valence-electron chi connectivity index (χ3n) is 5.84. The standard InChI is InChI=1S/C23H26BN9O/c24-19-2-1-3-20(30-19)31-23(34)29-16-6-4-15(5-7-16)18-12-17(13-32-10-8-26-9-11-32)33-21(18)22(25)27-14-28-33/h1-7,12,14,26H,8-11,13,24H2,(H2,25,27,28)(H2,29,30,31,34). The number of carbonyl (C=O) groups excluding carboxylic acids is 1. The highest BCUT2D eigenvalue weighted by Crippen LogP contribution is 2.31. The molecule has 0 spiro atoms. The van der Waals surface area contributed by atoms with Crippen molar-refractivity contribution in [3.63, 3.8) is 0 Å². The van der Waals surface area contributed by atoms with E-state index in [2.05, 4.69) is 42.0 Å². The molecule has 5 rings (SSSR count). The van der Waals surface area contributed by atoms with E-state index in [0.717, 1.165) is 60.7 Å². The Balaban J connectivity index is 1.36. The van der Waals surface area contributed by atoms with Crippen molar-refractivity contribution in [3.05, 3.63) is 60.6 Å². The monoisotopic (exact) mass is 455 g/mol. The predicted molar refractivity (Wildman–Crippen MR) is 136 cm³/mol. The Labute approximate surface area is 198 Å². The van der Waals surface area contributed by atoms with Gasteiger partial charge in [-0.25, -0.2) is 19.3 Å². The van der Waals surface area contributed by atoms with Gasteiger partial charge in [0.25, 0.3) is 0 Å². The molecule has 0 radical (unpaired) electrons. The Hall–Kier alpha value is -3.96. The summed E-state index contributed by atoms with van der Waals surface area (Å²) in [5.41, 5.74) is 11.5. The van der Waals surface area contributed by atoms with Crippen molar-refractivity contribution in [1.82, 2.24) is 29.8 Å². The summed E-state index contributed by atoms with van der Waals surface area (Å²) in [5, 5.41) is 13.4. The maximum atomic E-state index is 12.4. The number of anilines is 3. The van der Waals surface area contributed by atoms with Crippen molar-refractivity contribution in [2.45, 2.75) is 6.54 Å². The molecule has 1 fully saturated rings. The van der Waals surface area contributed by atoms with Crippen LogP contribution in [-0.2, 0) is 6.54 Å². The van der Waals surface area contributed by atoms with Crippen LogP contribution in [-0.4, -0.2) is 64.5 Å². The topological polar surface area (TPSA) is 126 Å². The number of rotatable bonds is 5. The van der Waals surface area contributed by atoms with E-state index < -0.39 is 0 Å². The molecule has 0 aliphatic carbocycles. The highest BCUT2D eigenvalue weighted by molar-refractivity contribution is 6.30. The second-order valence-corrected chi connectivity index (χ2v) is 8.30. The quantitative estimate of drug-likeness (QED) is 0.326. The van der Waals surface area contributed by atoms with Gasteiger partial charge in [0.05, 0.1) is 5.69 Å². The van der Waals surface area contributed by atoms with Gasteiger partial charge in [0.15, 0.2) is 13.7 Å². The van der Waals surface area contributed by atoms with E-state index in [1.807, 2.05) is 48.8 Å². The van der Waals surface area contributed by atoms with E-state index in [1.54, 1.807) is 6.07 Å². The molecule has 1 aliphatic rings. The minimum Gasteiger partial charge on any atom is -0.382 e. The number of nitrogens with one attached hydrogen (secondary N) is 3. The summed E-state index contributed by atoms with van der Waals surface area (Å²) in [5.74, 6) is 0.936. The first-order chi connectivity index (χ1) is 16.6. The van der Waals surface area contributed by atoms with Gasteiger partial charge in [-0.3, -0.25) is 10.2 Å². The highest BCUT2D eigenvalue weighted by Gasteiger charge is 2.18. The van der Waals surface area contributed by atoms with Crippen LogP contribution in [0.2, 0.25) is 0 Å². The number of aromatic nitrogens is 4. The molecule has 1 aliphatic heterocycles. The number of nitrogens with two attached hydrogens (primary N) is 1. The number of nitrogen functional groups attached to an aromatic ring is 1. The molecule has 0 bridgehead atoms. The molecule has 11 heteroatoms. The van der Waals surface area contributed by atoms with Crippen LogP contribution in [0.5, 0.6) is 0 Å². The summed E-state index contributed by atoms with van der Waals surface area (Å²) >= 11 is 0. The summed E-state index contributed by atoms with van der Waals surface area (Å²) in [4.78, 5) is 23.2. The lowest BCUT2D eigenvalue weighted by molar-refractivity contribution is 0.229. The third-order valence-corrected chi connectivity index (χ3v) is 5.84. The van der Waals surface area contributed by atoms with E-state index in [4.69, 9.17) is 5.73 Å². The summed E-state index contributed by atoms with van der Waals surface area (Å²) in [7, 11) is 1.88. The zero-order valence-corrected chi connectivity index (χ0v) is 19.0. The average molecular weight is 455 g/mol. The van der Waals surface area contributed by atoms with Gasteiger partial charge < -0.3 is 16.4 Å². The molecule has 1 saturated heterocycles. The minimum atomic E-state index is -0.351. The number of carbonyl (C=O) groups is 1. The van der Waals surface area contributed by atoms with Gasteiger partial charge >= 0.3 is 6.03 Å². The Kier molecular flexibility index (Phi) is 6.11. The second-order valence-electron chi connectivity index (χ2n) is 8.30. The highest BCUT2D eigenvalue weighted by atomic mass is 16.2. The van der Waals surface area contributed by atoms with E-state index in [1.165, 1.54) is 6.33 Å². The van der Waals surface area contributed by atoms with Crippen molar-refractivity contribution in [2.24, 2.45) is 0 Å². The third kappa shape index (κ3) is 4.70. The van der Waals surface area contributed by atoms with Crippen LogP contribution in [0, 0.1) is 0 Å². The number of piperazine rings is 1. The van der Waals surface area contributed by atoms with E-state index >= 15 is 0 Å². The Morgan fingerprint density at radius 2 is 1.91 bits per heavy atom. The largest absolute Gasteiger partial charge is 0.382 e. The molecule has 34 heavy (non-hydrogen) atoms. The molecule has 5 N–H and O–H groups in total. The van der Waals surface area contributed by atoms with Crippen molar-refractivity contribution in [3.8, 4) is 11.1 Å². The fraction of sp³-hybridized carbons (Fsp3) is 0.217. The zero-order chi connectivity index (χ0) is 23.5. The SMILES string of the molecule is Bc1cccc(NC(=O)Nc2ccc(-c3cc(CN4CCNCC4)n4ncnc(N)c34)cc2)n1. The lowest BCUT2D eigenvalue weighted by Gasteiger charge is -2.26. The number of urea groups is 1. The summed E-state index contributed by atoms with van der Waals surface area (Å²) in [6.07, 6.45) is 1.49. The van der Waals surface area contributed by atoms with Crippen molar-refractivity contribution >= 4 is 42.3 Å². The van der Waals surface area contributed by atoms with E-state index in [9.17, 15) is 4.79 Å². The van der Waals surface area contributed by atoms with Gasteiger partial charge in [0.2, 0.25) is 0 Å². The zero-order valence-electron chi connectivity index (χ0n) is 19.0. The number of hydrogen-bond donors (Lipinski definition) is 4. The van der Waals surface area contributed by atoms with Crippen LogP contribution in [0.25, 0.3) is 16.6 Å². The number of fused-ring (bicyclic) bond motifs is 1.